The number of hydrogen-bond donors (Lipinski definition) is 1. The molecule has 1 N–H and O–H groups in total. The highest BCUT2D eigenvalue weighted by atomic mass is 79.9. The number of amides is 2. The van der Waals surface area contributed by atoms with Crippen LogP contribution in [0.15, 0.2) is 63.5 Å². The van der Waals surface area contributed by atoms with Crippen molar-refractivity contribution in [2.24, 2.45) is 0 Å². The molecule has 2 amide bonds. The lowest BCUT2D eigenvalue weighted by Crippen LogP contribution is -2.53. The predicted octanol–water partition coefficient (Wildman–Crippen LogP) is 3.52. The van der Waals surface area contributed by atoms with Crippen LogP contribution >= 0.6 is 28.1 Å². The minimum Gasteiger partial charge on any atom is -0.457 e. The third-order valence-corrected chi connectivity index (χ3v) is 4.34. The first-order valence-electron chi connectivity index (χ1n) is 7.35. The molecule has 0 unspecified atom stereocenters. The second kappa shape index (κ2) is 7.16. The van der Waals surface area contributed by atoms with Crippen molar-refractivity contribution in [2.75, 3.05) is 6.54 Å². The number of benzene rings is 1. The summed E-state index contributed by atoms with van der Waals surface area (Å²) < 4.78 is 6.67. The molecule has 5 nitrogen and oxygen atoms in total. The summed E-state index contributed by atoms with van der Waals surface area (Å²) in [6, 6.07) is 11.1. The molecule has 3 rings (SSSR count). The molecule has 1 saturated heterocycles. The second-order valence-electron chi connectivity index (χ2n) is 5.23. The predicted molar refractivity (Wildman–Crippen MR) is 102 cm³/mol. The Bertz CT molecular complexity index is 917. The Kier molecular flexibility index (Phi) is 4.96. The summed E-state index contributed by atoms with van der Waals surface area (Å²) in [5.74, 6) is 0.0138. The van der Waals surface area contributed by atoms with Crippen LogP contribution in [0.4, 0.5) is 0 Å². The van der Waals surface area contributed by atoms with Gasteiger partial charge in [-0.15, -0.1) is 6.58 Å². The molecule has 0 saturated carbocycles. The zero-order valence-electron chi connectivity index (χ0n) is 13.0. The van der Waals surface area contributed by atoms with Gasteiger partial charge in [-0.05, 0) is 42.6 Å². The highest BCUT2D eigenvalue weighted by molar-refractivity contribution is 9.10. The fourth-order valence-corrected chi connectivity index (χ4v) is 3.01. The van der Waals surface area contributed by atoms with Crippen LogP contribution in [0, 0.1) is 0 Å². The maximum atomic E-state index is 12.5. The number of thiocarbonyl (C=S) groups is 1. The first kappa shape index (κ1) is 17.3. The fraction of sp³-hybridized carbons (Fsp3) is 0.0556. The van der Waals surface area contributed by atoms with E-state index in [-0.39, 0.29) is 17.2 Å². The monoisotopic (exact) mass is 416 g/mol. The molecular formula is C18H13BrN2O3S. The van der Waals surface area contributed by atoms with E-state index in [0.29, 0.717) is 11.5 Å². The van der Waals surface area contributed by atoms with Crippen molar-refractivity contribution in [2.45, 2.75) is 0 Å². The van der Waals surface area contributed by atoms with Crippen molar-refractivity contribution in [3.05, 3.63) is 64.9 Å². The number of rotatable bonds is 4. The molecule has 2 aromatic rings. The van der Waals surface area contributed by atoms with Gasteiger partial charge in [-0.25, -0.2) is 0 Å². The van der Waals surface area contributed by atoms with E-state index in [1.54, 1.807) is 12.1 Å². The molecule has 25 heavy (non-hydrogen) atoms. The summed E-state index contributed by atoms with van der Waals surface area (Å²) in [7, 11) is 0. The van der Waals surface area contributed by atoms with Gasteiger partial charge in [-0.1, -0.05) is 34.1 Å². The van der Waals surface area contributed by atoms with Crippen LogP contribution in [-0.2, 0) is 9.59 Å². The molecule has 126 valence electrons. The number of furan rings is 1. The normalized spacial score (nSPS) is 16.3. The molecule has 1 aliphatic rings. The Balaban J connectivity index is 1.92. The van der Waals surface area contributed by atoms with E-state index in [9.17, 15) is 9.59 Å². The Morgan fingerprint density at radius 1 is 1.28 bits per heavy atom. The zero-order chi connectivity index (χ0) is 18.0. The van der Waals surface area contributed by atoms with E-state index in [1.807, 2.05) is 24.3 Å². The summed E-state index contributed by atoms with van der Waals surface area (Å²) in [6.07, 6.45) is 2.95. The second-order valence-corrected chi connectivity index (χ2v) is 6.54. The van der Waals surface area contributed by atoms with Gasteiger partial charge in [-0.2, -0.15) is 0 Å². The molecule has 1 aromatic heterocycles. The largest absolute Gasteiger partial charge is 0.457 e. The molecule has 0 radical (unpaired) electrons. The first-order chi connectivity index (χ1) is 12.0. The van der Waals surface area contributed by atoms with Gasteiger partial charge in [-0.3, -0.25) is 19.8 Å². The van der Waals surface area contributed by atoms with Crippen LogP contribution in [0.2, 0.25) is 0 Å². The van der Waals surface area contributed by atoms with Crippen molar-refractivity contribution < 1.29 is 14.0 Å². The van der Waals surface area contributed by atoms with E-state index >= 15 is 0 Å². The van der Waals surface area contributed by atoms with Crippen molar-refractivity contribution in [1.82, 2.24) is 10.2 Å². The molecule has 0 atom stereocenters. The molecule has 1 aromatic carbocycles. The number of halogens is 1. The van der Waals surface area contributed by atoms with Crippen molar-refractivity contribution in [3.63, 3.8) is 0 Å². The van der Waals surface area contributed by atoms with Gasteiger partial charge in [0.15, 0.2) is 5.11 Å². The standard InChI is InChI=1S/C18H13BrN2O3S/c1-2-8-21-17(23)14(16(22)20-18(21)25)10-13-6-7-15(24-13)11-4-3-5-12(19)9-11/h2-7,9-10H,1,8H2,(H,20,22,25)/b14-10+. The summed E-state index contributed by atoms with van der Waals surface area (Å²) in [4.78, 5) is 25.8. The van der Waals surface area contributed by atoms with Crippen LogP contribution in [0.25, 0.3) is 17.4 Å². The molecular weight excluding hydrogens is 404 g/mol. The quantitative estimate of drug-likeness (QED) is 0.358. The Labute approximate surface area is 158 Å². The molecule has 2 heterocycles. The van der Waals surface area contributed by atoms with Gasteiger partial charge < -0.3 is 4.42 Å². The van der Waals surface area contributed by atoms with Crippen LogP contribution in [0.3, 0.4) is 0 Å². The summed E-state index contributed by atoms with van der Waals surface area (Å²) >= 11 is 8.43. The van der Waals surface area contributed by atoms with Crippen LogP contribution in [0.1, 0.15) is 5.76 Å². The molecule has 1 fully saturated rings. The lowest BCUT2D eigenvalue weighted by atomic mass is 10.1. The third kappa shape index (κ3) is 3.62. The van der Waals surface area contributed by atoms with Gasteiger partial charge >= 0.3 is 0 Å². The van der Waals surface area contributed by atoms with Gasteiger partial charge in [0.25, 0.3) is 11.8 Å². The van der Waals surface area contributed by atoms with Crippen molar-refractivity contribution >= 4 is 51.2 Å². The lowest BCUT2D eigenvalue weighted by Gasteiger charge is -2.27. The average molecular weight is 417 g/mol. The topological polar surface area (TPSA) is 62.6 Å². The van der Waals surface area contributed by atoms with E-state index in [1.165, 1.54) is 17.1 Å². The molecule has 1 aliphatic heterocycles. The van der Waals surface area contributed by atoms with Crippen LogP contribution < -0.4 is 5.32 Å². The minimum absolute atomic E-state index is 0.0365. The summed E-state index contributed by atoms with van der Waals surface area (Å²) in [6.45, 7) is 3.81. The van der Waals surface area contributed by atoms with E-state index in [2.05, 4.69) is 27.8 Å². The highest BCUT2D eigenvalue weighted by Gasteiger charge is 2.32. The van der Waals surface area contributed by atoms with Gasteiger partial charge in [0.05, 0.1) is 0 Å². The van der Waals surface area contributed by atoms with E-state index in [4.69, 9.17) is 16.6 Å². The fourth-order valence-electron chi connectivity index (χ4n) is 2.36. The minimum atomic E-state index is -0.546. The zero-order valence-corrected chi connectivity index (χ0v) is 15.4. The Morgan fingerprint density at radius 2 is 2.08 bits per heavy atom. The van der Waals surface area contributed by atoms with Crippen LogP contribution in [0.5, 0.6) is 0 Å². The van der Waals surface area contributed by atoms with E-state index < -0.39 is 11.8 Å². The molecule has 0 bridgehead atoms. The lowest BCUT2D eigenvalue weighted by molar-refractivity contribution is -0.128. The Morgan fingerprint density at radius 3 is 2.80 bits per heavy atom. The SMILES string of the molecule is C=CCN1C(=O)/C(=C/c2ccc(-c3cccc(Br)c3)o2)C(=O)NC1=S. The van der Waals surface area contributed by atoms with Crippen molar-refractivity contribution in [1.29, 1.82) is 0 Å². The first-order valence-corrected chi connectivity index (χ1v) is 8.55. The van der Waals surface area contributed by atoms with Crippen molar-refractivity contribution in [3.8, 4) is 11.3 Å². The van der Waals surface area contributed by atoms with E-state index in [0.717, 1.165) is 10.0 Å². The smallest absolute Gasteiger partial charge is 0.266 e. The number of nitrogens with zero attached hydrogens (tertiary/aromatic N) is 1. The number of carbonyl (C=O) groups is 2. The van der Waals surface area contributed by atoms with Gasteiger partial charge in [0.1, 0.15) is 17.1 Å². The van der Waals surface area contributed by atoms with Crippen LogP contribution in [-0.4, -0.2) is 28.4 Å². The summed E-state index contributed by atoms with van der Waals surface area (Å²) in [5.41, 5.74) is 0.846. The number of carbonyl (C=O) groups excluding carboxylic acids is 2. The highest BCUT2D eigenvalue weighted by Crippen LogP contribution is 2.26. The Hall–Kier alpha value is -2.51. The average Bonchev–Trinajstić information content (AvgIpc) is 3.04. The maximum Gasteiger partial charge on any atom is 0.266 e. The maximum absolute atomic E-state index is 12.5. The van der Waals surface area contributed by atoms with Gasteiger partial charge in [0, 0.05) is 16.6 Å². The van der Waals surface area contributed by atoms with Gasteiger partial charge in [0.2, 0.25) is 0 Å². The molecule has 7 heteroatoms. The third-order valence-electron chi connectivity index (χ3n) is 3.52. The number of hydrogen-bond acceptors (Lipinski definition) is 4. The summed E-state index contributed by atoms with van der Waals surface area (Å²) in [5, 5.41) is 2.57. The molecule has 0 spiro atoms. The molecule has 0 aliphatic carbocycles. The number of nitrogens with one attached hydrogen (secondary N) is 1.